The van der Waals surface area contributed by atoms with Gasteiger partial charge in [0.2, 0.25) is 0 Å². The highest BCUT2D eigenvalue weighted by Gasteiger charge is 2.22. The van der Waals surface area contributed by atoms with E-state index in [2.05, 4.69) is 31.4 Å². The Morgan fingerprint density at radius 2 is 1.85 bits per heavy atom. The van der Waals surface area contributed by atoms with Crippen LogP contribution in [-0.2, 0) is 4.74 Å². The lowest BCUT2D eigenvalue weighted by Gasteiger charge is -2.27. The summed E-state index contributed by atoms with van der Waals surface area (Å²) in [5.41, 5.74) is 5.27. The van der Waals surface area contributed by atoms with Crippen LogP contribution in [0.5, 0.6) is 0 Å². The smallest absolute Gasteiger partial charge is 0.407 e. The van der Waals surface area contributed by atoms with Crippen molar-refractivity contribution in [2.24, 2.45) is 11.7 Å². The number of nitrogens with two attached hydrogens (primary N) is 1. The van der Waals surface area contributed by atoms with Gasteiger partial charge in [0.05, 0.1) is 0 Å². The number of nitrogens with one attached hydrogen (secondary N) is 2. The van der Waals surface area contributed by atoms with Gasteiger partial charge in [0.25, 0.3) is 0 Å². The minimum atomic E-state index is -0.463. The summed E-state index contributed by atoms with van der Waals surface area (Å²) in [7, 11) is 0. The molecule has 1 amide bonds. The Morgan fingerprint density at radius 1 is 1.25 bits per heavy atom. The molecule has 5 heteroatoms. The molecule has 2 atom stereocenters. The van der Waals surface area contributed by atoms with Crippen molar-refractivity contribution in [2.45, 2.75) is 72.1 Å². The lowest BCUT2D eigenvalue weighted by Crippen LogP contribution is -2.43. The van der Waals surface area contributed by atoms with Crippen LogP contribution in [0, 0.1) is 5.92 Å². The molecule has 0 heterocycles. The van der Waals surface area contributed by atoms with Crippen LogP contribution < -0.4 is 16.4 Å². The number of alkyl carbamates (subject to hydrolysis) is 1. The van der Waals surface area contributed by atoms with Gasteiger partial charge in [0, 0.05) is 18.6 Å². The minimum Gasteiger partial charge on any atom is -0.444 e. The summed E-state index contributed by atoms with van der Waals surface area (Å²) in [5, 5.41) is 6.31. The van der Waals surface area contributed by atoms with Gasteiger partial charge in [-0.3, -0.25) is 0 Å². The van der Waals surface area contributed by atoms with Gasteiger partial charge in [-0.15, -0.1) is 0 Å². The maximum Gasteiger partial charge on any atom is 0.407 e. The first-order valence-corrected chi connectivity index (χ1v) is 7.62. The van der Waals surface area contributed by atoms with Crippen molar-refractivity contribution in [1.29, 1.82) is 0 Å². The van der Waals surface area contributed by atoms with Gasteiger partial charge in [-0.2, -0.15) is 0 Å². The fraction of sp³-hybridized carbons (Fsp3) is 0.933. The minimum absolute atomic E-state index is 0.109. The first-order chi connectivity index (χ1) is 9.19. The van der Waals surface area contributed by atoms with Gasteiger partial charge in [-0.1, -0.05) is 20.8 Å². The van der Waals surface area contributed by atoms with Gasteiger partial charge in [-0.05, 0) is 46.1 Å². The lowest BCUT2D eigenvalue weighted by molar-refractivity contribution is 0.0485. The maximum atomic E-state index is 11.8. The molecule has 4 N–H and O–H groups in total. The molecule has 20 heavy (non-hydrogen) atoms. The van der Waals surface area contributed by atoms with Crippen LogP contribution in [0.3, 0.4) is 0 Å². The molecule has 0 aromatic carbocycles. The molecule has 0 saturated carbocycles. The zero-order valence-electron chi connectivity index (χ0n) is 14.0. The van der Waals surface area contributed by atoms with Crippen molar-refractivity contribution in [3.05, 3.63) is 0 Å². The van der Waals surface area contributed by atoms with Gasteiger partial charge >= 0.3 is 6.09 Å². The molecule has 0 aliphatic rings. The lowest BCUT2D eigenvalue weighted by atomic mass is 9.97. The number of likely N-dealkylation sites (N-methyl/N-ethyl adjacent to an activating group) is 1. The third-order valence-corrected chi connectivity index (χ3v) is 3.11. The third kappa shape index (κ3) is 9.15. The zero-order valence-corrected chi connectivity index (χ0v) is 14.0. The molecule has 0 aliphatic carbocycles. The molecular formula is C15H33N3O2. The van der Waals surface area contributed by atoms with Crippen LogP contribution >= 0.6 is 0 Å². The van der Waals surface area contributed by atoms with Gasteiger partial charge < -0.3 is 21.1 Å². The van der Waals surface area contributed by atoms with E-state index in [-0.39, 0.29) is 12.1 Å². The second-order valence-electron chi connectivity index (χ2n) is 6.56. The van der Waals surface area contributed by atoms with E-state index in [9.17, 15) is 4.79 Å². The first-order valence-electron chi connectivity index (χ1n) is 7.62. The van der Waals surface area contributed by atoms with Crippen LogP contribution in [0.15, 0.2) is 0 Å². The van der Waals surface area contributed by atoms with Crippen molar-refractivity contribution in [3.8, 4) is 0 Å². The number of carbonyl (C=O) groups is 1. The molecule has 1 unspecified atom stereocenters. The summed E-state index contributed by atoms with van der Waals surface area (Å²) in [6.45, 7) is 13.4. The predicted octanol–water partition coefficient (Wildman–Crippen LogP) is 2.25. The van der Waals surface area contributed by atoms with E-state index in [0.717, 1.165) is 19.4 Å². The van der Waals surface area contributed by atoms with E-state index in [4.69, 9.17) is 10.5 Å². The quantitative estimate of drug-likeness (QED) is 0.640. The standard InChI is InChI=1S/C15H33N3O2/c1-7-17-12(10-16)8-9-13(11(2)3)18-14(19)20-15(4,5)6/h11-13,17H,7-10,16H2,1-6H3,(H,18,19)/t12-,13?/m0/s1. The monoisotopic (exact) mass is 287 g/mol. The van der Waals surface area contributed by atoms with Crippen molar-refractivity contribution in [2.75, 3.05) is 13.1 Å². The van der Waals surface area contributed by atoms with Crippen LogP contribution in [-0.4, -0.2) is 36.9 Å². The summed E-state index contributed by atoms with van der Waals surface area (Å²) in [4.78, 5) is 11.8. The van der Waals surface area contributed by atoms with Crippen LogP contribution in [0.2, 0.25) is 0 Å². The highest BCUT2D eigenvalue weighted by molar-refractivity contribution is 5.68. The molecule has 5 nitrogen and oxygen atoms in total. The number of carbonyl (C=O) groups excluding carboxylic acids is 1. The van der Waals surface area contributed by atoms with E-state index in [1.54, 1.807) is 0 Å². The number of rotatable bonds is 8. The molecule has 0 rings (SSSR count). The Hall–Kier alpha value is -0.810. The molecular weight excluding hydrogens is 254 g/mol. The summed E-state index contributed by atoms with van der Waals surface area (Å²) in [5.74, 6) is 0.363. The summed E-state index contributed by atoms with van der Waals surface area (Å²) in [6.07, 6.45) is 1.50. The van der Waals surface area contributed by atoms with E-state index in [1.165, 1.54) is 0 Å². The summed E-state index contributed by atoms with van der Waals surface area (Å²) in [6, 6.07) is 0.416. The highest BCUT2D eigenvalue weighted by Crippen LogP contribution is 2.13. The molecule has 0 bridgehead atoms. The molecule has 0 aliphatic heterocycles. The second-order valence-corrected chi connectivity index (χ2v) is 6.56. The first kappa shape index (κ1) is 19.2. The Balaban J connectivity index is 4.33. The maximum absolute atomic E-state index is 11.8. The average Bonchev–Trinajstić information content (AvgIpc) is 2.29. The SMILES string of the molecule is CCN[C@H](CN)CCC(NC(=O)OC(C)(C)C)C(C)C. The highest BCUT2D eigenvalue weighted by atomic mass is 16.6. The van der Waals surface area contributed by atoms with Gasteiger partial charge in [-0.25, -0.2) is 4.79 Å². The molecule has 0 aromatic rings. The largest absolute Gasteiger partial charge is 0.444 e. The normalized spacial score (nSPS) is 15.0. The Morgan fingerprint density at radius 3 is 2.25 bits per heavy atom. The van der Waals surface area contributed by atoms with E-state index < -0.39 is 5.60 Å². The van der Waals surface area contributed by atoms with Gasteiger partial charge in [0.1, 0.15) is 5.60 Å². The van der Waals surface area contributed by atoms with Crippen molar-refractivity contribution < 1.29 is 9.53 Å². The third-order valence-electron chi connectivity index (χ3n) is 3.11. The van der Waals surface area contributed by atoms with E-state index in [0.29, 0.717) is 18.5 Å². The number of ether oxygens (including phenoxy) is 1. The van der Waals surface area contributed by atoms with Crippen LogP contribution in [0.25, 0.3) is 0 Å². The molecule has 0 aromatic heterocycles. The van der Waals surface area contributed by atoms with Crippen molar-refractivity contribution >= 4 is 6.09 Å². The van der Waals surface area contributed by atoms with Crippen molar-refractivity contribution in [1.82, 2.24) is 10.6 Å². The Labute approximate surface area is 124 Å². The Kier molecular flexibility index (Phi) is 8.81. The van der Waals surface area contributed by atoms with E-state index in [1.807, 2.05) is 20.8 Å². The fourth-order valence-electron chi connectivity index (χ4n) is 2.00. The fourth-order valence-corrected chi connectivity index (χ4v) is 2.00. The predicted molar refractivity (Wildman–Crippen MR) is 83.7 cm³/mol. The molecule has 0 fully saturated rings. The average molecular weight is 287 g/mol. The Bertz CT molecular complexity index is 275. The van der Waals surface area contributed by atoms with Crippen molar-refractivity contribution in [3.63, 3.8) is 0 Å². The number of amides is 1. The number of hydrogen-bond donors (Lipinski definition) is 3. The molecule has 0 radical (unpaired) electrons. The number of hydrogen-bond acceptors (Lipinski definition) is 4. The van der Waals surface area contributed by atoms with Gasteiger partial charge in [0.15, 0.2) is 0 Å². The molecule has 0 spiro atoms. The second kappa shape index (κ2) is 9.19. The van der Waals surface area contributed by atoms with Crippen LogP contribution in [0.1, 0.15) is 54.4 Å². The van der Waals surface area contributed by atoms with Crippen LogP contribution in [0.4, 0.5) is 4.79 Å². The molecule has 120 valence electrons. The van der Waals surface area contributed by atoms with E-state index >= 15 is 0 Å². The molecule has 0 saturated heterocycles. The summed E-state index contributed by atoms with van der Waals surface area (Å²) < 4.78 is 5.31. The summed E-state index contributed by atoms with van der Waals surface area (Å²) >= 11 is 0. The zero-order chi connectivity index (χ0) is 15.8. The topological polar surface area (TPSA) is 76.4 Å².